The van der Waals surface area contributed by atoms with Gasteiger partial charge in [0.1, 0.15) is 5.69 Å². The third-order valence-electron chi connectivity index (χ3n) is 6.67. The van der Waals surface area contributed by atoms with Gasteiger partial charge in [0.05, 0.1) is 12.2 Å². The summed E-state index contributed by atoms with van der Waals surface area (Å²) in [6.45, 7) is 10.2. The van der Waals surface area contributed by atoms with Gasteiger partial charge in [-0.15, -0.1) is 10.2 Å². The van der Waals surface area contributed by atoms with Crippen molar-refractivity contribution in [3.05, 3.63) is 53.1 Å². The molecule has 1 aliphatic heterocycles. The molecule has 0 spiro atoms. The van der Waals surface area contributed by atoms with Crippen molar-refractivity contribution >= 4 is 5.71 Å². The Morgan fingerprint density at radius 1 is 1.10 bits per heavy atom. The molecule has 4 rings (SSSR count). The highest BCUT2D eigenvalue weighted by atomic mass is 15.2. The van der Waals surface area contributed by atoms with E-state index in [2.05, 4.69) is 66.2 Å². The maximum Gasteiger partial charge on any atom is 0.155 e. The Morgan fingerprint density at radius 2 is 1.86 bits per heavy atom. The van der Waals surface area contributed by atoms with Gasteiger partial charge in [-0.3, -0.25) is 9.89 Å². The molecule has 154 valence electrons. The molecule has 0 bridgehead atoms. The molecule has 29 heavy (non-hydrogen) atoms. The molecule has 1 aromatic carbocycles. The van der Waals surface area contributed by atoms with Crippen LogP contribution in [0.2, 0.25) is 0 Å². The summed E-state index contributed by atoms with van der Waals surface area (Å²) in [6.07, 6.45) is 5.26. The Morgan fingerprint density at radius 3 is 2.59 bits per heavy atom. The van der Waals surface area contributed by atoms with Crippen LogP contribution in [0.25, 0.3) is 0 Å². The first kappa shape index (κ1) is 20.1. The van der Waals surface area contributed by atoms with Gasteiger partial charge in [-0.1, -0.05) is 50.1 Å². The molecule has 5 nitrogen and oxygen atoms in total. The smallest absolute Gasteiger partial charge is 0.155 e. The first-order chi connectivity index (χ1) is 14.1. The highest BCUT2D eigenvalue weighted by Crippen LogP contribution is 2.31. The summed E-state index contributed by atoms with van der Waals surface area (Å²) in [7, 11) is 0. The van der Waals surface area contributed by atoms with Crippen LogP contribution in [0.15, 0.2) is 35.3 Å². The van der Waals surface area contributed by atoms with Gasteiger partial charge < -0.3 is 0 Å². The molecule has 2 aliphatic rings. The van der Waals surface area contributed by atoms with E-state index in [0.29, 0.717) is 24.3 Å². The van der Waals surface area contributed by atoms with Crippen LogP contribution < -0.4 is 0 Å². The molecule has 2 atom stereocenters. The molecule has 0 amide bonds. The highest BCUT2D eigenvalue weighted by molar-refractivity contribution is 5.84. The topological polar surface area (TPSA) is 54.3 Å². The summed E-state index contributed by atoms with van der Waals surface area (Å²) in [4.78, 5) is 12.2. The maximum absolute atomic E-state index is 4.85. The number of hydrogen-bond donors (Lipinski definition) is 0. The lowest BCUT2D eigenvalue weighted by Gasteiger charge is -2.15. The number of benzene rings is 1. The predicted molar refractivity (Wildman–Crippen MR) is 117 cm³/mol. The Labute approximate surface area is 174 Å². The molecular weight excluding hydrogens is 358 g/mol. The summed E-state index contributed by atoms with van der Waals surface area (Å²) in [5, 5.41) is 9.06. The van der Waals surface area contributed by atoms with E-state index < -0.39 is 0 Å². The van der Waals surface area contributed by atoms with Gasteiger partial charge in [0.2, 0.25) is 0 Å². The molecule has 2 aromatic rings. The first-order valence-electron chi connectivity index (χ1n) is 11.1. The molecule has 2 fully saturated rings. The normalized spacial score (nSPS) is 23.8. The van der Waals surface area contributed by atoms with Crippen molar-refractivity contribution in [2.24, 2.45) is 16.8 Å². The molecule has 1 saturated carbocycles. The third-order valence-corrected chi connectivity index (χ3v) is 6.67. The molecule has 2 unspecified atom stereocenters. The molecule has 5 heteroatoms. The van der Waals surface area contributed by atoms with E-state index in [1.54, 1.807) is 0 Å². The largest absolute Gasteiger partial charge is 0.298 e. The molecular formula is C24H33N5. The van der Waals surface area contributed by atoms with Crippen molar-refractivity contribution in [3.8, 4) is 0 Å². The van der Waals surface area contributed by atoms with Crippen LogP contribution in [-0.2, 0) is 13.1 Å². The molecule has 1 aromatic heterocycles. The summed E-state index contributed by atoms with van der Waals surface area (Å²) >= 11 is 0. The Kier molecular flexibility index (Phi) is 6.34. The van der Waals surface area contributed by atoms with Crippen molar-refractivity contribution < 1.29 is 0 Å². The van der Waals surface area contributed by atoms with Gasteiger partial charge in [-0.05, 0) is 44.1 Å². The first-order valence-corrected chi connectivity index (χ1v) is 11.1. The number of aromatic nitrogens is 3. The lowest BCUT2D eigenvalue weighted by molar-refractivity contribution is 0.318. The molecule has 1 aliphatic carbocycles. The second-order valence-electron chi connectivity index (χ2n) is 8.90. The minimum atomic E-state index is 0.350. The van der Waals surface area contributed by atoms with Crippen molar-refractivity contribution in [2.45, 2.75) is 65.5 Å². The third kappa shape index (κ3) is 4.89. The summed E-state index contributed by atoms with van der Waals surface area (Å²) in [6, 6.07) is 10.7. The number of nitrogens with zero attached hydrogens (tertiary/aromatic N) is 5. The van der Waals surface area contributed by atoms with Crippen molar-refractivity contribution in [3.63, 3.8) is 0 Å². The van der Waals surface area contributed by atoms with E-state index in [9.17, 15) is 0 Å². The number of hydrogen-bond acceptors (Lipinski definition) is 5. The fourth-order valence-corrected chi connectivity index (χ4v) is 4.79. The van der Waals surface area contributed by atoms with Gasteiger partial charge >= 0.3 is 0 Å². The monoisotopic (exact) mass is 391 g/mol. The Balaban J connectivity index is 1.40. The lowest BCUT2D eigenvalue weighted by atomic mass is 9.97. The zero-order valence-corrected chi connectivity index (χ0v) is 18.0. The number of rotatable bonds is 6. The van der Waals surface area contributed by atoms with Gasteiger partial charge in [0.15, 0.2) is 5.82 Å². The van der Waals surface area contributed by atoms with Crippen LogP contribution in [-0.4, -0.2) is 38.9 Å². The van der Waals surface area contributed by atoms with Crippen LogP contribution in [0.1, 0.15) is 68.2 Å². The highest BCUT2D eigenvalue weighted by Gasteiger charge is 2.33. The minimum Gasteiger partial charge on any atom is -0.298 e. The van der Waals surface area contributed by atoms with E-state index in [4.69, 9.17) is 9.98 Å². The van der Waals surface area contributed by atoms with E-state index in [-0.39, 0.29) is 0 Å². The average molecular weight is 392 g/mol. The Hall–Kier alpha value is -2.14. The number of likely N-dealkylation sites (tertiary alicyclic amines) is 1. The minimum absolute atomic E-state index is 0.350. The number of aryl methyl sites for hydroxylation is 1. The van der Waals surface area contributed by atoms with Crippen molar-refractivity contribution in [1.29, 1.82) is 0 Å². The fourth-order valence-electron chi connectivity index (χ4n) is 4.79. The second-order valence-corrected chi connectivity index (χ2v) is 8.90. The average Bonchev–Trinajstić information content (AvgIpc) is 3.38. The van der Waals surface area contributed by atoms with Crippen LogP contribution in [0.3, 0.4) is 0 Å². The van der Waals surface area contributed by atoms with Crippen LogP contribution >= 0.6 is 0 Å². The zero-order valence-electron chi connectivity index (χ0n) is 18.0. The standard InChI is InChI=1S/C24H33N5/c1-17-14-29(15-20-9-5-4-6-10-20)16-22(17)24-26-19(3)23(27-28-24)13-25-18(2)21-11-7-8-12-21/h4-6,9-10,17,21-22H,7-8,11-16H2,1-3H3. The predicted octanol–water partition coefficient (Wildman–Crippen LogP) is 4.57. The maximum atomic E-state index is 4.85. The molecule has 2 heterocycles. The van der Waals surface area contributed by atoms with Crippen LogP contribution in [0.4, 0.5) is 0 Å². The molecule has 0 radical (unpaired) electrons. The fraction of sp³-hybridized carbons (Fsp3) is 0.583. The SMILES string of the molecule is CC(=NCc1nnc(C2CN(Cc3ccccc3)CC2C)nc1C)C1CCCC1. The van der Waals surface area contributed by atoms with Gasteiger partial charge in [-0.2, -0.15) is 0 Å². The summed E-state index contributed by atoms with van der Waals surface area (Å²) in [5.41, 5.74) is 4.53. The lowest BCUT2D eigenvalue weighted by Crippen LogP contribution is -2.20. The summed E-state index contributed by atoms with van der Waals surface area (Å²) in [5.74, 6) is 2.45. The second kappa shape index (κ2) is 9.12. The van der Waals surface area contributed by atoms with E-state index >= 15 is 0 Å². The van der Waals surface area contributed by atoms with Crippen molar-refractivity contribution in [1.82, 2.24) is 20.1 Å². The molecule has 1 saturated heterocycles. The van der Waals surface area contributed by atoms with Gasteiger partial charge in [0, 0.05) is 31.3 Å². The van der Waals surface area contributed by atoms with Crippen LogP contribution in [0.5, 0.6) is 0 Å². The molecule has 0 N–H and O–H groups in total. The summed E-state index contributed by atoms with van der Waals surface area (Å²) < 4.78 is 0. The Bertz CT molecular complexity index is 842. The van der Waals surface area contributed by atoms with E-state index in [1.807, 2.05) is 0 Å². The zero-order chi connectivity index (χ0) is 20.2. The van der Waals surface area contributed by atoms with Gasteiger partial charge in [0.25, 0.3) is 0 Å². The quantitative estimate of drug-likeness (QED) is 0.677. The van der Waals surface area contributed by atoms with E-state index in [0.717, 1.165) is 36.8 Å². The number of aliphatic imine (C=N–C) groups is 1. The van der Waals surface area contributed by atoms with Gasteiger partial charge in [-0.25, -0.2) is 4.98 Å². The van der Waals surface area contributed by atoms with Crippen molar-refractivity contribution in [2.75, 3.05) is 13.1 Å². The van der Waals surface area contributed by atoms with Crippen LogP contribution in [0, 0.1) is 18.8 Å². The van der Waals surface area contributed by atoms with E-state index in [1.165, 1.54) is 37.0 Å².